The van der Waals surface area contributed by atoms with E-state index in [1.165, 1.54) is 25.7 Å². The number of carboxylic acids is 1. The highest BCUT2D eigenvalue weighted by Crippen LogP contribution is 2.47. The van der Waals surface area contributed by atoms with Gasteiger partial charge in [0.05, 0.1) is 5.41 Å². The van der Waals surface area contributed by atoms with E-state index in [2.05, 4.69) is 27.7 Å². The lowest BCUT2D eigenvalue weighted by molar-refractivity contribution is -0.153. The van der Waals surface area contributed by atoms with E-state index in [-0.39, 0.29) is 0 Å². The Hall–Kier alpha value is -0.530. The van der Waals surface area contributed by atoms with Crippen LogP contribution in [0.2, 0.25) is 0 Å². The molecule has 1 N–H and O–H groups in total. The molecule has 1 aliphatic carbocycles. The summed E-state index contributed by atoms with van der Waals surface area (Å²) >= 11 is 0. The van der Waals surface area contributed by atoms with Crippen LogP contribution in [0.3, 0.4) is 0 Å². The molecule has 1 fully saturated rings. The Morgan fingerprint density at radius 3 is 2.10 bits per heavy atom. The second-order valence-electron chi connectivity index (χ2n) is 7.89. The van der Waals surface area contributed by atoms with Crippen molar-refractivity contribution in [3.8, 4) is 0 Å². The average Bonchev–Trinajstić information content (AvgIpc) is 2.37. The van der Waals surface area contributed by atoms with Crippen molar-refractivity contribution in [1.82, 2.24) is 0 Å². The van der Waals surface area contributed by atoms with E-state index >= 15 is 0 Å². The molecule has 0 bridgehead atoms. The van der Waals surface area contributed by atoms with Gasteiger partial charge in [0.1, 0.15) is 0 Å². The molecule has 0 amide bonds. The summed E-state index contributed by atoms with van der Waals surface area (Å²) in [6.45, 7) is 9.08. The van der Waals surface area contributed by atoms with Crippen LogP contribution in [-0.4, -0.2) is 11.1 Å². The molecule has 1 saturated carbocycles. The Bertz CT molecular complexity index is 293. The Kier molecular flexibility index (Phi) is 6.54. The SMILES string of the molecule is CCCCCCCC1(C(=O)O)CCC(C(C)(C)C)CC1. The van der Waals surface area contributed by atoms with Crippen LogP contribution in [0.4, 0.5) is 0 Å². The van der Waals surface area contributed by atoms with Crippen LogP contribution in [0.25, 0.3) is 0 Å². The van der Waals surface area contributed by atoms with Crippen LogP contribution in [0.15, 0.2) is 0 Å². The first-order chi connectivity index (χ1) is 9.32. The van der Waals surface area contributed by atoms with Gasteiger partial charge in [0, 0.05) is 0 Å². The first-order valence-electron chi connectivity index (χ1n) is 8.55. The van der Waals surface area contributed by atoms with E-state index < -0.39 is 11.4 Å². The van der Waals surface area contributed by atoms with Gasteiger partial charge in [-0.3, -0.25) is 4.79 Å². The second kappa shape index (κ2) is 7.47. The lowest BCUT2D eigenvalue weighted by Crippen LogP contribution is -2.38. The molecule has 0 unspecified atom stereocenters. The average molecular weight is 282 g/mol. The van der Waals surface area contributed by atoms with Gasteiger partial charge in [-0.05, 0) is 43.4 Å². The smallest absolute Gasteiger partial charge is 0.309 e. The molecule has 0 atom stereocenters. The van der Waals surface area contributed by atoms with Crippen molar-refractivity contribution in [1.29, 1.82) is 0 Å². The van der Waals surface area contributed by atoms with Crippen LogP contribution in [0.5, 0.6) is 0 Å². The van der Waals surface area contributed by atoms with E-state index in [1.54, 1.807) is 0 Å². The fourth-order valence-electron chi connectivity index (χ4n) is 3.67. The number of carboxylic acid groups (broad SMARTS) is 1. The van der Waals surface area contributed by atoms with Crippen LogP contribution >= 0.6 is 0 Å². The lowest BCUT2D eigenvalue weighted by atomic mass is 9.62. The molecule has 0 aromatic rings. The standard InChI is InChI=1S/C18H34O2/c1-5-6-7-8-9-12-18(16(19)20)13-10-15(11-14-18)17(2,3)4/h15H,5-14H2,1-4H3,(H,19,20). The topological polar surface area (TPSA) is 37.3 Å². The third-order valence-electron chi connectivity index (χ3n) is 5.38. The molecular formula is C18H34O2. The van der Waals surface area contributed by atoms with Crippen LogP contribution in [0, 0.1) is 16.7 Å². The zero-order valence-corrected chi connectivity index (χ0v) is 14.0. The molecule has 118 valence electrons. The van der Waals surface area contributed by atoms with Gasteiger partial charge in [0.25, 0.3) is 0 Å². The molecule has 0 aliphatic heterocycles. The van der Waals surface area contributed by atoms with E-state index in [0.29, 0.717) is 11.3 Å². The highest BCUT2D eigenvalue weighted by atomic mass is 16.4. The molecule has 0 heterocycles. The van der Waals surface area contributed by atoms with Crippen molar-refractivity contribution in [3.63, 3.8) is 0 Å². The van der Waals surface area contributed by atoms with Crippen molar-refractivity contribution < 1.29 is 9.90 Å². The molecule has 1 rings (SSSR count). The number of hydrogen-bond donors (Lipinski definition) is 1. The van der Waals surface area contributed by atoms with Gasteiger partial charge in [0.2, 0.25) is 0 Å². The quantitative estimate of drug-likeness (QED) is 0.612. The molecule has 20 heavy (non-hydrogen) atoms. The van der Waals surface area contributed by atoms with E-state index in [9.17, 15) is 9.90 Å². The van der Waals surface area contributed by atoms with Crippen molar-refractivity contribution in [2.45, 2.75) is 91.9 Å². The predicted octanol–water partition coefficient (Wildman–Crippen LogP) is 5.65. The van der Waals surface area contributed by atoms with Gasteiger partial charge in [0.15, 0.2) is 0 Å². The largest absolute Gasteiger partial charge is 0.481 e. The summed E-state index contributed by atoms with van der Waals surface area (Å²) in [5.41, 5.74) is -0.0836. The predicted molar refractivity (Wildman–Crippen MR) is 84.9 cm³/mol. The molecule has 0 aromatic carbocycles. The summed E-state index contributed by atoms with van der Waals surface area (Å²) in [6.07, 6.45) is 10.9. The number of carbonyl (C=O) groups is 1. The summed E-state index contributed by atoms with van der Waals surface area (Å²) in [5, 5.41) is 9.68. The Labute approximate surface area is 125 Å². The fraction of sp³-hybridized carbons (Fsp3) is 0.944. The summed E-state index contributed by atoms with van der Waals surface area (Å²) in [4.78, 5) is 11.8. The van der Waals surface area contributed by atoms with Gasteiger partial charge in [-0.1, -0.05) is 59.8 Å². The Morgan fingerprint density at radius 2 is 1.65 bits per heavy atom. The first-order valence-corrected chi connectivity index (χ1v) is 8.55. The zero-order valence-electron chi connectivity index (χ0n) is 14.0. The van der Waals surface area contributed by atoms with Crippen LogP contribution in [0.1, 0.15) is 91.9 Å². The minimum absolute atomic E-state index is 0.325. The monoisotopic (exact) mass is 282 g/mol. The van der Waals surface area contributed by atoms with Gasteiger partial charge < -0.3 is 5.11 Å². The number of unbranched alkanes of at least 4 members (excludes halogenated alkanes) is 4. The van der Waals surface area contributed by atoms with Crippen LogP contribution < -0.4 is 0 Å². The summed E-state index contributed by atoms with van der Waals surface area (Å²) in [5.74, 6) is 0.149. The maximum atomic E-state index is 11.8. The van der Waals surface area contributed by atoms with Gasteiger partial charge >= 0.3 is 5.97 Å². The fourth-order valence-corrected chi connectivity index (χ4v) is 3.67. The number of aliphatic carboxylic acids is 1. The third kappa shape index (κ3) is 4.79. The van der Waals surface area contributed by atoms with Gasteiger partial charge in [-0.25, -0.2) is 0 Å². The summed E-state index contributed by atoms with van der Waals surface area (Å²) in [6, 6.07) is 0. The Morgan fingerprint density at radius 1 is 1.10 bits per heavy atom. The molecular weight excluding hydrogens is 248 g/mol. The zero-order chi connectivity index (χ0) is 15.2. The number of rotatable bonds is 7. The normalized spacial score (nSPS) is 27.5. The first kappa shape index (κ1) is 17.5. The van der Waals surface area contributed by atoms with Crippen molar-refractivity contribution in [2.75, 3.05) is 0 Å². The van der Waals surface area contributed by atoms with E-state index in [0.717, 1.165) is 38.5 Å². The highest BCUT2D eigenvalue weighted by molar-refractivity contribution is 5.74. The van der Waals surface area contributed by atoms with Crippen molar-refractivity contribution >= 4 is 5.97 Å². The van der Waals surface area contributed by atoms with Crippen LogP contribution in [-0.2, 0) is 4.79 Å². The minimum Gasteiger partial charge on any atom is -0.481 e. The van der Waals surface area contributed by atoms with Gasteiger partial charge in [-0.2, -0.15) is 0 Å². The maximum absolute atomic E-state index is 11.8. The van der Waals surface area contributed by atoms with Crippen molar-refractivity contribution in [2.24, 2.45) is 16.7 Å². The van der Waals surface area contributed by atoms with E-state index in [1.807, 2.05) is 0 Å². The Balaban J connectivity index is 2.48. The molecule has 0 spiro atoms. The molecule has 0 radical (unpaired) electrons. The maximum Gasteiger partial charge on any atom is 0.309 e. The summed E-state index contributed by atoms with van der Waals surface area (Å²) in [7, 11) is 0. The molecule has 0 aromatic heterocycles. The summed E-state index contributed by atoms with van der Waals surface area (Å²) < 4.78 is 0. The van der Waals surface area contributed by atoms with Crippen molar-refractivity contribution in [3.05, 3.63) is 0 Å². The molecule has 2 heteroatoms. The van der Waals surface area contributed by atoms with E-state index in [4.69, 9.17) is 0 Å². The molecule has 2 nitrogen and oxygen atoms in total. The number of hydrogen-bond acceptors (Lipinski definition) is 1. The third-order valence-corrected chi connectivity index (χ3v) is 5.38. The second-order valence-corrected chi connectivity index (χ2v) is 7.89. The molecule has 0 saturated heterocycles. The lowest BCUT2D eigenvalue weighted by Gasteiger charge is -2.42. The highest BCUT2D eigenvalue weighted by Gasteiger charge is 2.43. The van der Waals surface area contributed by atoms with Gasteiger partial charge in [-0.15, -0.1) is 0 Å². The molecule has 1 aliphatic rings. The minimum atomic E-state index is -0.541.